The fraction of sp³-hybridized carbons (Fsp3) is 0.625. The van der Waals surface area contributed by atoms with Gasteiger partial charge in [0, 0.05) is 5.88 Å². The van der Waals surface area contributed by atoms with Gasteiger partial charge in [0.15, 0.2) is 0 Å². The van der Waals surface area contributed by atoms with Gasteiger partial charge in [0.05, 0.1) is 6.20 Å². The van der Waals surface area contributed by atoms with E-state index in [9.17, 15) is 0 Å². The second kappa shape index (κ2) is 4.39. The molecule has 0 saturated heterocycles. The van der Waals surface area contributed by atoms with Crippen LogP contribution in [-0.4, -0.2) is 10.9 Å². The van der Waals surface area contributed by atoms with Crippen molar-refractivity contribution in [3.8, 4) is 0 Å². The zero-order valence-electron chi connectivity index (χ0n) is 6.64. The number of aromatic nitrogens is 1. The van der Waals surface area contributed by atoms with Crippen molar-refractivity contribution in [3.63, 3.8) is 0 Å². The van der Waals surface area contributed by atoms with Gasteiger partial charge >= 0.3 is 0 Å². The molecular weight excluding hydrogens is 162 g/mol. The standard InChI is InChI=1S/C5H11Cl.C3HNO/c1-2-3-4-5-6;1-2-3(4-1)5-2/h2-5H2,1H3;1H. The Kier molecular flexibility index (Phi) is 3.43. The predicted octanol–water partition coefficient (Wildman–Crippen LogP) is 2.69. The SMILES string of the molecule is CCCCCCl.c1nc2oc1=2. The van der Waals surface area contributed by atoms with Crippen molar-refractivity contribution in [2.45, 2.75) is 26.2 Å². The van der Waals surface area contributed by atoms with Gasteiger partial charge in [0.2, 0.25) is 5.42 Å². The number of alkyl halides is 1. The van der Waals surface area contributed by atoms with Crippen molar-refractivity contribution in [2.75, 3.05) is 5.88 Å². The minimum atomic E-state index is 0.827. The van der Waals surface area contributed by atoms with Crippen molar-refractivity contribution >= 4 is 11.6 Å². The number of rotatable bonds is 3. The summed E-state index contributed by atoms with van der Waals surface area (Å²) in [7, 11) is 0. The molecule has 0 bridgehead atoms. The zero-order chi connectivity index (χ0) is 8.10. The predicted molar refractivity (Wildman–Crippen MR) is 44.4 cm³/mol. The smallest absolute Gasteiger partial charge is 0.265 e. The highest BCUT2D eigenvalue weighted by molar-refractivity contribution is 6.17. The Hall–Kier alpha value is -0.500. The maximum atomic E-state index is 5.38. The van der Waals surface area contributed by atoms with Gasteiger partial charge in [0.1, 0.15) is 0 Å². The lowest BCUT2D eigenvalue weighted by Gasteiger charge is -1.84. The second-order valence-electron chi connectivity index (χ2n) is 2.43. The van der Waals surface area contributed by atoms with E-state index in [2.05, 4.69) is 16.3 Å². The van der Waals surface area contributed by atoms with E-state index < -0.39 is 0 Å². The molecule has 2 rings (SSSR count). The molecule has 0 aromatic rings. The van der Waals surface area contributed by atoms with Crippen molar-refractivity contribution in [2.24, 2.45) is 0 Å². The Morgan fingerprint density at radius 1 is 1.55 bits per heavy atom. The fourth-order valence-corrected chi connectivity index (χ4v) is 0.835. The monoisotopic (exact) mass is 173 g/mol. The molecule has 2 aliphatic heterocycles. The lowest BCUT2D eigenvalue weighted by molar-refractivity contribution is 0.643. The van der Waals surface area contributed by atoms with E-state index in [1.165, 1.54) is 19.3 Å². The molecule has 0 saturated carbocycles. The molecule has 0 atom stereocenters. The molecule has 11 heavy (non-hydrogen) atoms. The molecule has 3 heteroatoms. The van der Waals surface area contributed by atoms with Gasteiger partial charge in [-0.1, -0.05) is 19.8 Å². The van der Waals surface area contributed by atoms with E-state index in [1.807, 2.05) is 0 Å². The molecule has 2 heterocycles. The first kappa shape index (κ1) is 8.60. The van der Waals surface area contributed by atoms with Crippen LogP contribution in [0.5, 0.6) is 0 Å². The summed E-state index contributed by atoms with van der Waals surface area (Å²) in [5, 5.41) is 0. The van der Waals surface area contributed by atoms with Gasteiger partial charge in [-0.15, -0.1) is 11.6 Å². The lowest BCUT2D eigenvalue weighted by Crippen LogP contribution is -1.70. The van der Waals surface area contributed by atoms with Crippen LogP contribution in [0.4, 0.5) is 0 Å². The maximum Gasteiger partial charge on any atom is 0.265 e. The maximum absolute atomic E-state index is 5.38. The Balaban J connectivity index is 0.000000110. The molecular formula is C8H12ClNO. The Morgan fingerprint density at radius 2 is 2.27 bits per heavy atom. The van der Waals surface area contributed by atoms with Gasteiger partial charge in [-0.2, -0.15) is 0 Å². The molecule has 0 N–H and O–H groups in total. The molecule has 62 valence electrons. The number of halogens is 1. The summed E-state index contributed by atoms with van der Waals surface area (Å²) in [6.07, 6.45) is 5.43. The first-order valence-electron chi connectivity index (χ1n) is 3.90. The third-order valence-electron chi connectivity index (χ3n) is 1.41. The number of oxazole rings is 1. The normalized spacial score (nSPS) is 10.4. The van der Waals surface area contributed by atoms with E-state index in [0.29, 0.717) is 0 Å². The highest BCUT2D eigenvalue weighted by Crippen LogP contribution is 2.03. The summed E-state index contributed by atoms with van der Waals surface area (Å²) in [6, 6.07) is 0. The first-order valence-corrected chi connectivity index (χ1v) is 4.44. The summed E-state index contributed by atoms with van der Waals surface area (Å²) in [4.78, 5) is 3.68. The van der Waals surface area contributed by atoms with Gasteiger partial charge in [-0.3, -0.25) is 0 Å². The molecule has 0 aliphatic carbocycles. The summed E-state index contributed by atoms with van der Waals surface area (Å²) in [6.45, 7) is 2.17. The molecule has 2 aliphatic rings. The Morgan fingerprint density at radius 3 is 2.36 bits per heavy atom. The Labute approximate surface area is 70.9 Å². The largest absolute Gasteiger partial charge is 0.428 e. The number of unbranched alkanes of at least 4 members (excludes halogenated alkanes) is 2. The minimum absolute atomic E-state index is 0.827. The van der Waals surface area contributed by atoms with Crippen LogP contribution in [0.25, 0.3) is 0 Å². The molecule has 0 fully saturated rings. The van der Waals surface area contributed by atoms with Gasteiger partial charge in [-0.05, 0) is 6.42 Å². The van der Waals surface area contributed by atoms with Crippen LogP contribution in [0.3, 0.4) is 0 Å². The van der Waals surface area contributed by atoms with Crippen molar-refractivity contribution in [1.29, 1.82) is 0 Å². The van der Waals surface area contributed by atoms with Gasteiger partial charge < -0.3 is 4.42 Å². The average Bonchev–Trinajstić information content (AvgIpc) is 2.56. The Bertz CT molecular complexity index is 254. The van der Waals surface area contributed by atoms with Crippen LogP contribution in [0.15, 0.2) is 10.6 Å². The first-order chi connectivity index (χ1) is 5.38. The zero-order valence-corrected chi connectivity index (χ0v) is 7.40. The van der Waals surface area contributed by atoms with Crippen LogP contribution in [0.1, 0.15) is 26.2 Å². The van der Waals surface area contributed by atoms with Crippen molar-refractivity contribution < 1.29 is 4.42 Å². The summed E-state index contributed by atoms with van der Waals surface area (Å²) in [5.74, 6) is 0.827. The molecule has 0 aromatic heterocycles. The lowest BCUT2D eigenvalue weighted by atomic mass is 10.3. The van der Waals surface area contributed by atoms with Crippen molar-refractivity contribution in [1.82, 2.24) is 4.98 Å². The van der Waals surface area contributed by atoms with E-state index in [4.69, 9.17) is 11.6 Å². The fourth-order valence-electron chi connectivity index (χ4n) is 0.646. The summed E-state index contributed by atoms with van der Waals surface area (Å²) < 4.78 is 4.64. The molecule has 2 nitrogen and oxygen atoms in total. The van der Waals surface area contributed by atoms with E-state index >= 15 is 0 Å². The minimum Gasteiger partial charge on any atom is -0.428 e. The van der Waals surface area contributed by atoms with Crippen LogP contribution in [0.2, 0.25) is 0 Å². The topological polar surface area (TPSA) is 26.0 Å². The van der Waals surface area contributed by atoms with E-state index in [1.54, 1.807) is 6.20 Å². The summed E-state index contributed by atoms with van der Waals surface area (Å²) in [5.41, 5.74) is 1.81. The van der Waals surface area contributed by atoms with Crippen LogP contribution < -0.4 is 0 Å². The quantitative estimate of drug-likeness (QED) is 0.527. The third kappa shape index (κ3) is 2.93. The molecule has 0 radical (unpaired) electrons. The third-order valence-corrected chi connectivity index (χ3v) is 1.68. The van der Waals surface area contributed by atoms with Crippen LogP contribution >= 0.6 is 11.6 Å². The number of hydrogen-bond acceptors (Lipinski definition) is 2. The summed E-state index contributed by atoms with van der Waals surface area (Å²) >= 11 is 5.38. The number of nitrogens with zero attached hydrogens (tertiary/aromatic N) is 1. The van der Waals surface area contributed by atoms with E-state index in [0.717, 1.165) is 16.8 Å². The van der Waals surface area contributed by atoms with Gasteiger partial charge in [0.25, 0.3) is 5.55 Å². The van der Waals surface area contributed by atoms with Gasteiger partial charge in [-0.25, -0.2) is 4.98 Å². The highest BCUT2D eigenvalue weighted by Gasteiger charge is 2.02. The molecule has 0 amide bonds. The second-order valence-corrected chi connectivity index (χ2v) is 2.80. The average molecular weight is 174 g/mol. The molecule has 0 spiro atoms. The number of hydrogen-bond donors (Lipinski definition) is 0. The van der Waals surface area contributed by atoms with Crippen LogP contribution in [0, 0.1) is 11.0 Å². The van der Waals surface area contributed by atoms with Crippen LogP contribution in [-0.2, 0) is 0 Å². The molecule has 0 unspecified atom stereocenters. The molecule has 0 aromatic carbocycles. The van der Waals surface area contributed by atoms with Crippen molar-refractivity contribution in [3.05, 3.63) is 17.2 Å². The highest BCUT2D eigenvalue weighted by atomic mass is 35.5. The van der Waals surface area contributed by atoms with E-state index in [-0.39, 0.29) is 0 Å².